The molecule has 0 amide bonds. The molecule has 0 spiro atoms. The van der Waals surface area contributed by atoms with Gasteiger partial charge in [-0.25, -0.2) is 4.79 Å². The van der Waals surface area contributed by atoms with Crippen molar-refractivity contribution in [2.45, 2.75) is 31.8 Å². The summed E-state index contributed by atoms with van der Waals surface area (Å²) in [6.07, 6.45) is 4.51. The van der Waals surface area contributed by atoms with Crippen LogP contribution >= 0.6 is 0 Å². The lowest BCUT2D eigenvalue weighted by Crippen LogP contribution is -1.97. The fourth-order valence-corrected chi connectivity index (χ4v) is 2.49. The Morgan fingerprint density at radius 1 is 1.29 bits per heavy atom. The van der Waals surface area contributed by atoms with Gasteiger partial charge in [-0.2, -0.15) is 0 Å². The minimum Gasteiger partial charge on any atom is -0.454 e. The van der Waals surface area contributed by atoms with Crippen LogP contribution in [0, 0.1) is 0 Å². The summed E-state index contributed by atoms with van der Waals surface area (Å²) in [5, 5.41) is 0. The van der Waals surface area contributed by atoms with Crippen LogP contribution in [0.15, 0.2) is 18.2 Å². The van der Waals surface area contributed by atoms with Crippen LogP contribution in [0.3, 0.4) is 0 Å². The molecule has 1 aliphatic carbocycles. The van der Waals surface area contributed by atoms with Gasteiger partial charge < -0.3 is 4.74 Å². The highest BCUT2D eigenvalue weighted by molar-refractivity contribution is 5.94. The van der Waals surface area contributed by atoms with E-state index >= 15 is 0 Å². The molecule has 0 N–H and O–H groups in total. The van der Waals surface area contributed by atoms with E-state index in [1.54, 1.807) is 0 Å². The molecule has 14 heavy (non-hydrogen) atoms. The molecule has 1 aliphatic heterocycles. The Labute approximate surface area is 82.9 Å². The maximum atomic E-state index is 11.5. The minimum atomic E-state index is -0.131. The quantitative estimate of drug-likeness (QED) is 0.585. The fraction of sp³-hybridized carbons (Fsp3) is 0.417. The first-order valence-corrected chi connectivity index (χ1v) is 5.19. The lowest BCUT2D eigenvalue weighted by Gasteiger charge is -2.08. The smallest absolute Gasteiger partial charge is 0.339 e. The molecule has 2 nitrogen and oxygen atoms in total. The van der Waals surface area contributed by atoms with Crippen LogP contribution < -0.4 is 0 Å². The zero-order valence-corrected chi connectivity index (χ0v) is 7.95. The molecule has 72 valence electrons. The number of carbonyl (C=O) groups excluding carboxylic acids is 1. The maximum absolute atomic E-state index is 11.5. The second-order valence-electron chi connectivity index (χ2n) is 4.02. The van der Waals surface area contributed by atoms with Crippen LogP contribution in [0.1, 0.15) is 46.9 Å². The van der Waals surface area contributed by atoms with Gasteiger partial charge in [0.1, 0.15) is 6.10 Å². The zero-order valence-electron chi connectivity index (χ0n) is 7.95. The Morgan fingerprint density at radius 3 is 3.14 bits per heavy atom. The maximum Gasteiger partial charge on any atom is 0.339 e. The van der Waals surface area contributed by atoms with Gasteiger partial charge in [0, 0.05) is 5.56 Å². The van der Waals surface area contributed by atoms with Crippen LogP contribution in [-0.4, -0.2) is 5.97 Å². The summed E-state index contributed by atoms with van der Waals surface area (Å²) in [6.45, 7) is 0. The number of benzene rings is 1. The largest absolute Gasteiger partial charge is 0.454 e. The lowest BCUT2D eigenvalue weighted by molar-refractivity contribution is 0.0367. The lowest BCUT2D eigenvalue weighted by atomic mass is 9.98. The van der Waals surface area contributed by atoms with Crippen molar-refractivity contribution in [3.05, 3.63) is 34.9 Å². The van der Waals surface area contributed by atoms with E-state index in [9.17, 15) is 4.79 Å². The topological polar surface area (TPSA) is 26.3 Å². The molecule has 2 heteroatoms. The standard InChI is InChI=1S/C12H12O2/c13-12-9-6-3-5-8-4-1-2-7-10(14-12)11(8)9/h3,5-6,10H,1-2,4,7H2. The number of hydrogen-bond acceptors (Lipinski definition) is 2. The Bertz CT molecular complexity index is 395. The van der Waals surface area contributed by atoms with Crippen molar-refractivity contribution < 1.29 is 9.53 Å². The highest BCUT2D eigenvalue weighted by atomic mass is 16.5. The monoisotopic (exact) mass is 188 g/mol. The van der Waals surface area contributed by atoms with E-state index in [0.717, 1.165) is 24.8 Å². The third-order valence-electron chi connectivity index (χ3n) is 3.15. The van der Waals surface area contributed by atoms with Crippen LogP contribution in [0.2, 0.25) is 0 Å². The number of esters is 1. The molecule has 3 rings (SSSR count). The Morgan fingerprint density at radius 2 is 2.21 bits per heavy atom. The summed E-state index contributed by atoms with van der Waals surface area (Å²) in [5.74, 6) is -0.131. The van der Waals surface area contributed by atoms with Crippen molar-refractivity contribution >= 4 is 5.97 Å². The van der Waals surface area contributed by atoms with Gasteiger partial charge in [-0.05, 0) is 37.3 Å². The van der Waals surface area contributed by atoms with Crippen molar-refractivity contribution in [1.29, 1.82) is 0 Å². The zero-order chi connectivity index (χ0) is 9.54. The summed E-state index contributed by atoms with van der Waals surface area (Å²) >= 11 is 0. The van der Waals surface area contributed by atoms with E-state index in [-0.39, 0.29) is 12.1 Å². The molecule has 0 saturated heterocycles. The van der Waals surface area contributed by atoms with Gasteiger partial charge in [0.2, 0.25) is 0 Å². The number of carbonyl (C=O) groups is 1. The summed E-state index contributed by atoms with van der Waals surface area (Å²) in [7, 11) is 0. The predicted octanol–water partition coefficient (Wildman–Crippen LogP) is 2.62. The van der Waals surface area contributed by atoms with E-state index in [2.05, 4.69) is 6.07 Å². The molecule has 0 bridgehead atoms. The van der Waals surface area contributed by atoms with Gasteiger partial charge in [0.25, 0.3) is 0 Å². The number of hydrogen-bond donors (Lipinski definition) is 0. The first-order chi connectivity index (χ1) is 6.86. The molecular weight excluding hydrogens is 176 g/mol. The number of aryl methyl sites for hydroxylation is 1. The average Bonchev–Trinajstić information content (AvgIpc) is 2.41. The predicted molar refractivity (Wildman–Crippen MR) is 52.2 cm³/mol. The molecule has 0 saturated carbocycles. The molecule has 0 fully saturated rings. The second kappa shape index (κ2) is 2.84. The molecule has 1 heterocycles. The third-order valence-corrected chi connectivity index (χ3v) is 3.15. The summed E-state index contributed by atoms with van der Waals surface area (Å²) < 4.78 is 5.35. The SMILES string of the molecule is O=C1OC2CCCCc3cccc1c32. The van der Waals surface area contributed by atoms with Crippen molar-refractivity contribution in [2.24, 2.45) is 0 Å². The van der Waals surface area contributed by atoms with Gasteiger partial charge >= 0.3 is 5.97 Å². The van der Waals surface area contributed by atoms with Gasteiger partial charge in [-0.3, -0.25) is 0 Å². The molecule has 0 aromatic heterocycles. The van der Waals surface area contributed by atoms with Crippen molar-refractivity contribution in [2.75, 3.05) is 0 Å². The Kier molecular flexibility index (Phi) is 1.63. The Balaban J connectivity index is 2.22. The number of ether oxygens (including phenoxy) is 1. The normalized spacial score (nSPS) is 24.0. The molecule has 1 unspecified atom stereocenters. The highest BCUT2D eigenvalue weighted by Crippen LogP contribution is 2.39. The van der Waals surface area contributed by atoms with Gasteiger partial charge in [-0.1, -0.05) is 12.1 Å². The molecule has 1 aromatic rings. The summed E-state index contributed by atoms with van der Waals surface area (Å²) in [5.41, 5.74) is 3.29. The van der Waals surface area contributed by atoms with E-state index in [4.69, 9.17) is 4.74 Å². The molecule has 1 atom stereocenters. The van der Waals surface area contributed by atoms with Gasteiger partial charge in [0.15, 0.2) is 0 Å². The van der Waals surface area contributed by atoms with Crippen LogP contribution in [0.5, 0.6) is 0 Å². The summed E-state index contributed by atoms with van der Waals surface area (Å²) in [4.78, 5) is 11.5. The van der Waals surface area contributed by atoms with Crippen LogP contribution in [-0.2, 0) is 11.2 Å². The van der Waals surface area contributed by atoms with E-state index < -0.39 is 0 Å². The Hall–Kier alpha value is -1.31. The molecule has 1 aromatic carbocycles. The van der Waals surface area contributed by atoms with Gasteiger partial charge in [0.05, 0.1) is 5.56 Å². The highest BCUT2D eigenvalue weighted by Gasteiger charge is 2.33. The molecular formula is C12H12O2. The molecule has 0 radical (unpaired) electrons. The number of rotatable bonds is 0. The first-order valence-electron chi connectivity index (χ1n) is 5.19. The van der Waals surface area contributed by atoms with E-state index in [1.807, 2.05) is 12.1 Å². The average molecular weight is 188 g/mol. The third kappa shape index (κ3) is 0.999. The van der Waals surface area contributed by atoms with Crippen molar-refractivity contribution in [3.63, 3.8) is 0 Å². The first kappa shape index (κ1) is 8.04. The van der Waals surface area contributed by atoms with Crippen LogP contribution in [0.4, 0.5) is 0 Å². The van der Waals surface area contributed by atoms with E-state index in [1.165, 1.54) is 17.5 Å². The molecule has 2 aliphatic rings. The minimum absolute atomic E-state index is 0.0520. The van der Waals surface area contributed by atoms with Gasteiger partial charge in [-0.15, -0.1) is 0 Å². The summed E-state index contributed by atoms with van der Waals surface area (Å²) in [6, 6.07) is 5.97. The van der Waals surface area contributed by atoms with E-state index in [0.29, 0.717) is 0 Å². The van der Waals surface area contributed by atoms with Crippen LogP contribution in [0.25, 0.3) is 0 Å². The second-order valence-corrected chi connectivity index (χ2v) is 4.02. The fourth-order valence-electron chi connectivity index (χ4n) is 2.49. The van der Waals surface area contributed by atoms with Crippen molar-refractivity contribution in [3.8, 4) is 0 Å². The van der Waals surface area contributed by atoms with Crippen molar-refractivity contribution in [1.82, 2.24) is 0 Å².